The van der Waals surface area contributed by atoms with Gasteiger partial charge in [-0.25, -0.2) is 4.39 Å². The minimum Gasteiger partial charge on any atom is -0.492 e. The number of nitrogens with one attached hydrogen (secondary N) is 2. The van der Waals surface area contributed by atoms with Crippen molar-refractivity contribution in [3.63, 3.8) is 0 Å². The van der Waals surface area contributed by atoms with Gasteiger partial charge in [0.15, 0.2) is 0 Å². The Morgan fingerprint density at radius 2 is 2.14 bits per heavy atom. The normalized spacial score (nSPS) is 16.9. The van der Waals surface area contributed by atoms with Crippen LogP contribution in [0, 0.1) is 5.82 Å². The van der Waals surface area contributed by atoms with Crippen molar-refractivity contribution in [3.05, 3.63) is 60.2 Å². The van der Waals surface area contributed by atoms with E-state index in [0.717, 1.165) is 5.56 Å². The van der Waals surface area contributed by atoms with Crippen molar-refractivity contribution < 1.29 is 18.7 Å². The molecule has 1 unspecified atom stereocenters. The second kappa shape index (κ2) is 10.5. The van der Waals surface area contributed by atoms with E-state index in [2.05, 4.69) is 15.6 Å². The van der Waals surface area contributed by atoms with Gasteiger partial charge in [0.2, 0.25) is 11.8 Å². The molecule has 0 aliphatic carbocycles. The molecule has 29 heavy (non-hydrogen) atoms. The summed E-state index contributed by atoms with van der Waals surface area (Å²) in [6.07, 6.45) is 4.04. The third-order valence-electron chi connectivity index (χ3n) is 4.67. The van der Waals surface area contributed by atoms with Crippen LogP contribution in [0.3, 0.4) is 0 Å². The molecule has 0 saturated carbocycles. The number of rotatable bonds is 9. The first-order chi connectivity index (χ1) is 14.1. The summed E-state index contributed by atoms with van der Waals surface area (Å²) in [4.78, 5) is 30.5. The van der Waals surface area contributed by atoms with Crippen LogP contribution in [0.5, 0.6) is 5.75 Å². The van der Waals surface area contributed by atoms with Crippen LogP contribution >= 0.6 is 0 Å². The second-order valence-corrected chi connectivity index (χ2v) is 6.85. The number of aromatic nitrogens is 1. The first-order valence-electron chi connectivity index (χ1n) is 9.67. The van der Waals surface area contributed by atoms with Crippen LogP contribution in [-0.4, -0.2) is 54.0 Å². The molecule has 0 spiro atoms. The van der Waals surface area contributed by atoms with Crippen LogP contribution in [0.15, 0.2) is 48.8 Å². The highest BCUT2D eigenvalue weighted by Gasteiger charge is 2.31. The number of carbonyl (C=O) groups excluding carboxylic acids is 2. The number of nitrogens with zero attached hydrogens (tertiary/aromatic N) is 2. The number of benzene rings is 1. The molecule has 1 aromatic carbocycles. The van der Waals surface area contributed by atoms with Crippen LogP contribution in [-0.2, 0) is 16.1 Å². The van der Waals surface area contributed by atoms with E-state index in [-0.39, 0.29) is 24.1 Å². The molecule has 1 saturated heterocycles. The van der Waals surface area contributed by atoms with Gasteiger partial charge in [0.1, 0.15) is 11.6 Å². The lowest BCUT2D eigenvalue weighted by molar-refractivity contribution is -0.134. The van der Waals surface area contributed by atoms with E-state index < -0.39 is 6.04 Å². The zero-order valence-electron chi connectivity index (χ0n) is 16.1. The molecule has 2 heterocycles. The number of halogens is 1. The Kier molecular flexibility index (Phi) is 7.52. The molecule has 3 rings (SSSR count). The van der Waals surface area contributed by atoms with Gasteiger partial charge in [-0.15, -0.1) is 0 Å². The van der Waals surface area contributed by atoms with Gasteiger partial charge >= 0.3 is 0 Å². The molecule has 7 nitrogen and oxygen atoms in total. The number of ether oxygens (including phenoxy) is 1. The van der Waals surface area contributed by atoms with Crippen molar-refractivity contribution in [2.75, 3.05) is 26.2 Å². The molecule has 1 aliphatic heterocycles. The Labute approximate surface area is 169 Å². The zero-order chi connectivity index (χ0) is 20.5. The standard InChI is InChI=1S/C21H25FN4O3/c22-17-6-4-16(5-7-17)15-26-11-10-25-21(28)19(26)13-20(27)24-9-2-12-29-18-3-1-8-23-14-18/h1,3-8,14,19H,2,9-13,15H2,(H,24,27)(H,25,28). The fraction of sp³-hybridized carbons (Fsp3) is 0.381. The molecule has 2 N–H and O–H groups in total. The highest BCUT2D eigenvalue weighted by molar-refractivity contribution is 5.88. The number of carbonyl (C=O) groups is 2. The Hall–Kier alpha value is -3.00. The zero-order valence-corrected chi connectivity index (χ0v) is 16.1. The van der Waals surface area contributed by atoms with Gasteiger partial charge in [-0.2, -0.15) is 0 Å². The van der Waals surface area contributed by atoms with Crippen LogP contribution < -0.4 is 15.4 Å². The van der Waals surface area contributed by atoms with Crippen molar-refractivity contribution in [1.82, 2.24) is 20.5 Å². The fourth-order valence-corrected chi connectivity index (χ4v) is 3.17. The summed E-state index contributed by atoms with van der Waals surface area (Å²) in [5.41, 5.74) is 0.902. The smallest absolute Gasteiger partial charge is 0.237 e. The van der Waals surface area contributed by atoms with Crippen LogP contribution in [0.1, 0.15) is 18.4 Å². The molecule has 1 aromatic heterocycles. The summed E-state index contributed by atoms with van der Waals surface area (Å²) in [5.74, 6) is 0.0497. The summed E-state index contributed by atoms with van der Waals surface area (Å²) < 4.78 is 18.6. The summed E-state index contributed by atoms with van der Waals surface area (Å²) in [7, 11) is 0. The van der Waals surface area contributed by atoms with Crippen LogP contribution in [0.25, 0.3) is 0 Å². The maximum Gasteiger partial charge on any atom is 0.237 e. The van der Waals surface area contributed by atoms with Gasteiger partial charge in [-0.1, -0.05) is 12.1 Å². The van der Waals surface area contributed by atoms with E-state index in [1.807, 2.05) is 11.0 Å². The number of hydrogen-bond donors (Lipinski definition) is 2. The Balaban J connectivity index is 1.43. The van der Waals surface area contributed by atoms with Crippen molar-refractivity contribution in [2.24, 2.45) is 0 Å². The average molecular weight is 400 g/mol. The quantitative estimate of drug-likeness (QED) is 0.624. The summed E-state index contributed by atoms with van der Waals surface area (Å²) in [6.45, 7) is 2.59. The number of amides is 2. The van der Waals surface area contributed by atoms with Gasteiger partial charge in [0.25, 0.3) is 0 Å². The highest BCUT2D eigenvalue weighted by Crippen LogP contribution is 2.14. The molecule has 154 valence electrons. The van der Waals surface area contributed by atoms with Crippen LogP contribution in [0.4, 0.5) is 4.39 Å². The highest BCUT2D eigenvalue weighted by atomic mass is 19.1. The van der Waals surface area contributed by atoms with Gasteiger partial charge in [-0.05, 0) is 36.2 Å². The largest absolute Gasteiger partial charge is 0.492 e. The molecular weight excluding hydrogens is 375 g/mol. The second-order valence-electron chi connectivity index (χ2n) is 6.85. The van der Waals surface area contributed by atoms with Crippen molar-refractivity contribution >= 4 is 11.8 Å². The molecule has 0 bridgehead atoms. The number of pyridine rings is 1. The maximum atomic E-state index is 13.1. The maximum absolute atomic E-state index is 13.1. The lowest BCUT2D eigenvalue weighted by atomic mass is 10.1. The summed E-state index contributed by atoms with van der Waals surface area (Å²) in [5, 5.41) is 5.65. The first kappa shape index (κ1) is 20.7. The molecule has 1 fully saturated rings. The van der Waals surface area contributed by atoms with Gasteiger partial charge in [0, 0.05) is 32.4 Å². The molecule has 2 amide bonds. The predicted octanol–water partition coefficient (Wildman–Crippen LogP) is 1.50. The van der Waals surface area contributed by atoms with E-state index in [0.29, 0.717) is 45.0 Å². The fourth-order valence-electron chi connectivity index (χ4n) is 3.17. The number of piperazine rings is 1. The number of hydrogen-bond acceptors (Lipinski definition) is 5. The molecule has 1 aliphatic rings. The third-order valence-corrected chi connectivity index (χ3v) is 4.67. The van der Waals surface area contributed by atoms with Gasteiger partial charge in [-0.3, -0.25) is 19.5 Å². The average Bonchev–Trinajstić information content (AvgIpc) is 2.73. The Morgan fingerprint density at radius 3 is 2.90 bits per heavy atom. The predicted molar refractivity (Wildman–Crippen MR) is 106 cm³/mol. The van der Waals surface area contributed by atoms with E-state index in [9.17, 15) is 14.0 Å². The molecular formula is C21H25FN4O3. The first-order valence-corrected chi connectivity index (χ1v) is 9.67. The van der Waals surface area contributed by atoms with E-state index in [1.54, 1.807) is 30.6 Å². The summed E-state index contributed by atoms with van der Waals surface area (Å²) in [6, 6.07) is 9.26. The third kappa shape index (κ3) is 6.53. The summed E-state index contributed by atoms with van der Waals surface area (Å²) >= 11 is 0. The van der Waals surface area contributed by atoms with E-state index in [1.165, 1.54) is 12.1 Å². The Bertz CT molecular complexity index is 801. The topological polar surface area (TPSA) is 83.6 Å². The van der Waals surface area contributed by atoms with Gasteiger partial charge in [0.05, 0.1) is 25.3 Å². The molecule has 1 atom stereocenters. The molecule has 0 radical (unpaired) electrons. The minimum atomic E-state index is -0.541. The van der Waals surface area contributed by atoms with Crippen molar-refractivity contribution in [3.8, 4) is 5.75 Å². The lowest BCUT2D eigenvalue weighted by Crippen LogP contribution is -2.56. The molecule has 8 heteroatoms. The SMILES string of the molecule is O=C(CC1C(=O)NCCN1Cc1ccc(F)cc1)NCCCOc1cccnc1. The van der Waals surface area contributed by atoms with Crippen molar-refractivity contribution in [1.29, 1.82) is 0 Å². The van der Waals surface area contributed by atoms with E-state index >= 15 is 0 Å². The van der Waals surface area contributed by atoms with E-state index in [4.69, 9.17) is 4.74 Å². The molecule has 2 aromatic rings. The monoisotopic (exact) mass is 400 g/mol. The lowest BCUT2D eigenvalue weighted by Gasteiger charge is -2.34. The van der Waals surface area contributed by atoms with Crippen LogP contribution in [0.2, 0.25) is 0 Å². The van der Waals surface area contributed by atoms with Gasteiger partial charge < -0.3 is 15.4 Å². The van der Waals surface area contributed by atoms with Crippen molar-refractivity contribution in [2.45, 2.75) is 25.4 Å². The Morgan fingerprint density at radius 1 is 1.31 bits per heavy atom. The minimum absolute atomic E-state index is 0.0799.